The van der Waals surface area contributed by atoms with E-state index in [-0.39, 0.29) is 0 Å². The van der Waals surface area contributed by atoms with Crippen molar-refractivity contribution in [1.82, 2.24) is 9.97 Å². The highest BCUT2D eigenvalue weighted by Crippen LogP contribution is 2.26. The van der Waals surface area contributed by atoms with Gasteiger partial charge in [0.15, 0.2) is 0 Å². The Hall–Kier alpha value is -4.07. The summed E-state index contributed by atoms with van der Waals surface area (Å²) < 4.78 is 0. The first-order chi connectivity index (χ1) is 17.2. The fourth-order valence-electron chi connectivity index (χ4n) is 4.09. The number of aliphatic carboxylic acids is 1. The summed E-state index contributed by atoms with van der Waals surface area (Å²) in [6.07, 6.45) is 4.61. The SMILES string of the molecule is CC(=O)O.Cc1cc(NCCCCCCNc2cc(C)nc3ccc(N)cc23)c2cc(N)ccc2n1. The van der Waals surface area contributed by atoms with Gasteiger partial charge in [0.1, 0.15) is 0 Å². The lowest BCUT2D eigenvalue weighted by Crippen LogP contribution is -2.05. The molecule has 0 aliphatic heterocycles. The first-order valence-corrected chi connectivity index (χ1v) is 12.2. The number of hydrogen-bond acceptors (Lipinski definition) is 7. The maximum absolute atomic E-state index is 9.00. The van der Waals surface area contributed by atoms with E-state index >= 15 is 0 Å². The Bertz CT molecular complexity index is 1240. The molecule has 0 saturated heterocycles. The van der Waals surface area contributed by atoms with Crippen LogP contribution in [-0.2, 0) is 4.79 Å². The van der Waals surface area contributed by atoms with Crippen LogP contribution < -0.4 is 22.1 Å². The molecule has 0 bridgehead atoms. The van der Waals surface area contributed by atoms with Gasteiger partial charge in [-0.05, 0) is 75.2 Å². The molecule has 0 amide bonds. The van der Waals surface area contributed by atoms with Gasteiger partial charge in [0.25, 0.3) is 5.97 Å². The number of nitrogens with one attached hydrogen (secondary N) is 2. The van der Waals surface area contributed by atoms with Crippen molar-refractivity contribution in [3.63, 3.8) is 0 Å². The fraction of sp³-hybridized carbons (Fsp3) is 0.321. The van der Waals surface area contributed by atoms with Gasteiger partial charge in [0.05, 0.1) is 11.0 Å². The Morgan fingerprint density at radius 2 is 1.14 bits per heavy atom. The van der Waals surface area contributed by atoms with Gasteiger partial charge in [-0.2, -0.15) is 0 Å². The summed E-state index contributed by atoms with van der Waals surface area (Å²) >= 11 is 0. The zero-order chi connectivity index (χ0) is 26.1. The van der Waals surface area contributed by atoms with Crippen LogP contribution in [0.4, 0.5) is 22.7 Å². The maximum atomic E-state index is 9.00. The third-order valence-electron chi connectivity index (χ3n) is 5.66. The molecule has 8 nitrogen and oxygen atoms in total. The van der Waals surface area contributed by atoms with Gasteiger partial charge in [-0.1, -0.05) is 12.8 Å². The lowest BCUT2D eigenvalue weighted by molar-refractivity contribution is -0.134. The fourth-order valence-corrected chi connectivity index (χ4v) is 4.09. The Morgan fingerprint density at radius 3 is 1.53 bits per heavy atom. The number of fused-ring (bicyclic) bond motifs is 2. The van der Waals surface area contributed by atoms with Crippen molar-refractivity contribution in [1.29, 1.82) is 0 Å². The summed E-state index contributed by atoms with van der Waals surface area (Å²) in [5, 5.41) is 16.7. The number of carboxylic acids is 1. The summed E-state index contributed by atoms with van der Waals surface area (Å²) in [6, 6.07) is 15.9. The smallest absolute Gasteiger partial charge is 0.300 e. The number of benzene rings is 2. The Kier molecular flexibility index (Phi) is 9.27. The van der Waals surface area contributed by atoms with Crippen LogP contribution in [0, 0.1) is 13.8 Å². The molecule has 7 N–H and O–H groups in total. The molecule has 0 spiro atoms. The first-order valence-electron chi connectivity index (χ1n) is 12.2. The monoisotopic (exact) mass is 488 g/mol. The molecule has 0 fully saturated rings. The molecule has 190 valence electrons. The van der Waals surface area contributed by atoms with Crippen molar-refractivity contribution in [2.24, 2.45) is 0 Å². The van der Waals surface area contributed by atoms with Crippen LogP contribution >= 0.6 is 0 Å². The highest BCUT2D eigenvalue weighted by Gasteiger charge is 2.06. The van der Waals surface area contributed by atoms with Crippen LogP contribution in [-0.4, -0.2) is 34.1 Å². The van der Waals surface area contributed by atoms with Gasteiger partial charge in [-0.3, -0.25) is 14.8 Å². The Balaban J connectivity index is 0.000000840. The van der Waals surface area contributed by atoms with Crippen LogP contribution in [0.1, 0.15) is 44.0 Å². The predicted molar refractivity (Wildman–Crippen MR) is 151 cm³/mol. The maximum Gasteiger partial charge on any atom is 0.300 e. The lowest BCUT2D eigenvalue weighted by atomic mass is 10.1. The van der Waals surface area contributed by atoms with Crippen LogP contribution in [0.5, 0.6) is 0 Å². The predicted octanol–water partition coefficient (Wildman–Crippen LogP) is 5.74. The van der Waals surface area contributed by atoms with Gasteiger partial charge in [-0.15, -0.1) is 0 Å². The van der Waals surface area contributed by atoms with Crippen molar-refractivity contribution in [3.8, 4) is 0 Å². The van der Waals surface area contributed by atoms with Crippen molar-refractivity contribution >= 4 is 50.5 Å². The van der Waals surface area contributed by atoms with Crippen molar-refractivity contribution in [2.75, 3.05) is 35.2 Å². The normalized spacial score (nSPS) is 10.6. The number of nitrogens with zero attached hydrogens (tertiary/aromatic N) is 2. The van der Waals surface area contributed by atoms with E-state index in [0.717, 1.165) is 88.8 Å². The zero-order valence-corrected chi connectivity index (χ0v) is 21.3. The van der Waals surface area contributed by atoms with Crippen molar-refractivity contribution < 1.29 is 9.90 Å². The van der Waals surface area contributed by atoms with Crippen molar-refractivity contribution in [3.05, 3.63) is 59.9 Å². The molecular weight excluding hydrogens is 452 g/mol. The lowest BCUT2D eigenvalue weighted by Gasteiger charge is -2.12. The molecule has 2 aromatic heterocycles. The van der Waals surface area contributed by atoms with E-state index in [4.69, 9.17) is 21.4 Å². The minimum atomic E-state index is -0.833. The average molecular weight is 489 g/mol. The van der Waals surface area contributed by atoms with Crippen LogP contribution in [0.3, 0.4) is 0 Å². The minimum absolute atomic E-state index is 0.763. The van der Waals surface area contributed by atoms with Gasteiger partial charge >= 0.3 is 0 Å². The quantitative estimate of drug-likeness (QED) is 0.148. The van der Waals surface area contributed by atoms with Crippen LogP contribution in [0.25, 0.3) is 21.8 Å². The van der Waals surface area contributed by atoms with Crippen molar-refractivity contribution in [2.45, 2.75) is 46.5 Å². The molecule has 0 aliphatic rings. The number of aromatic nitrogens is 2. The Morgan fingerprint density at radius 1 is 0.750 bits per heavy atom. The molecule has 2 aromatic carbocycles. The second-order valence-electron chi connectivity index (χ2n) is 8.96. The van der Waals surface area contributed by atoms with Gasteiger partial charge in [-0.25, -0.2) is 0 Å². The Labute approximate surface area is 212 Å². The first kappa shape index (κ1) is 26.5. The molecule has 4 aromatic rings. The summed E-state index contributed by atoms with van der Waals surface area (Å²) in [5.41, 5.74) is 19.7. The molecule has 0 radical (unpaired) electrons. The average Bonchev–Trinajstić information content (AvgIpc) is 2.81. The molecule has 4 rings (SSSR count). The molecule has 2 heterocycles. The molecule has 0 atom stereocenters. The van der Waals surface area contributed by atoms with Gasteiger partial charge in [0, 0.05) is 64.9 Å². The van der Waals surface area contributed by atoms with E-state index in [0.29, 0.717) is 0 Å². The highest BCUT2D eigenvalue weighted by atomic mass is 16.4. The molecule has 0 aliphatic carbocycles. The number of rotatable bonds is 9. The molecule has 0 unspecified atom stereocenters. The van der Waals surface area contributed by atoms with E-state index in [1.807, 2.05) is 50.2 Å². The number of nitrogens with two attached hydrogens (primary N) is 2. The summed E-state index contributed by atoms with van der Waals surface area (Å²) in [6.45, 7) is 7.01. The molecule has 8 heteroatoms. The highest BCUT2D eigenvalue weighted by molar-refractivity contribution is 5.94. The van der Waals surface area contributed by atoms with E-state index < -0.39 is 5.97 Å². The van der Waals surface area contributed by atoms with Crippen LogP contribution in [0.15, 0.2) is 48.5 Å². The summed E-state index contributed by atoms with van der Waals surface area (Å²) in [7, 11) is 0. The minimum Gasteiger partial charge on any atom is -0.481 e. The third kappa shape index (κ3) is 7.73. The number of carbonyl (C=O) groups is 1. The van der Waals surface area contributed by atoms with E-state index in [2.05, 4.69) is 32.7 Å². The summed E-state index contributed by atoms with van der Waals surface area (Å²) in [4.78, 5) is 18.2. The van der Waals surface area contributed by atoms with E-state index in [1.165, 1.54) is 12.8 Å². The largest absolute Gasteiger partial charge is 0.481 e. The number of hydrogen-bond donors (Lipinski definition) is 5. The number of unbranched alkanes of at least 4 members (excludes halogenated alkanes) is 3. The van der Waals surface area contributed by atoms with Gasteiger partial charge < -0.3 is 27.2 Å². The number of carboxylic acid groups (broad SMARTS) is 1. The van der Waals surface area contributed by atoms with E-state index in [1.54, 1.807) is 0 Å². The number of aryl methyl sites for hydroxylation is 2. The number of pyridine rings is 2. The molecule has 0 saturated carbocycles. The molecular formula is C28H36N6O2. The summed E-state index contributed by atoms with van der Waals surface area (Å²) in [5.74, 6) is -0.833. The number of nitrogen functional groups attached to an aromatic ring is 2. The van der Waals surface area contributed by atoms with Gasteiger partial charge in [0.2, 0.25) is 0 Å². The second-order valence-corrected chi connectivity index (χ2v) is 8.96. The molecule has 36 heavy (non-hydrogen) atoms. The second kappa shape index (κ2) is 12.6. The van der Waals surface area contributed by atoms with E-state index in [9.17, 15) is 0 Å². The topological polar surface area (TPSA) is 139 Å². The number of anilines is 4. The standard InChI is InChI=1S/C26H32N6.C2H4O2/c1-17-13-25(21-15-19(27)7-9-23(21)31-17)29-11-5-3-4-6-12-30-26-14-18(2)32-24-10-8-20(28)16-22(24)26;1-2(3)4/h7-10,13-16H,3-6,11-12,27-28H2,1-2H3,(H,29,31)(H,30,32);1H3,(H,3,4). The van der Waals surface area contributed by atoms with Crippen LogP contribution in [0.2, 0.25) is 0 Å². The zero-order valence-electron chi connectivity index (χ0n) is 21.3. The third-order valence-corrected chi connectivity index (χ3v) is 5.66.